The number of nitrogens with one attached hydrogen (secondary N) is 1. The average Bonchev–Trinajstić information content (AvgIpc) is 2.65. The molecule has 5 heteroatoms. The van der Waals surface area contributed by atoms with Crippen LogP contribution in [-0.2, 0) is 0 Å². The fraction of sp³-hybridized carbons (Fsp3) is 0.231. The molecule has 1 aromatic carbocycles. The van der Waals surface area contributed by atoms with Gasteiger partial charge < -0.3 is 5.32 Å². The van der Waals surface area contributed by atoms with Crippen LogP contribution in [0.2, 0.25) is 0 Å². The van der Waals surface area contributed by atoms with Gasteiger partial charge in [-0.25, -0.2) is 0 Å². The van der Waals surface area contributed by atoms with Crippen molar-refractivity contribution in [2.45, 2.75) is 13.0 Å². The molecular weight excluding hydrogens is 489 g/mol. The quantitative estimate of drug-likeness (QED) is 0.549. The first-order valence-electron chi connectivity index (χ1n) is 5.41. The van der Waals surface area contributed by atoms with Crippen LogP contribution in [0.3, 0.4) is 0 Å². The molecule has 1 aromatic heterocycles. The van der Waals surface area contributed by atoms with Crippen LogP contribution < -0.4 is 5.32 Å². The van der Waals surface area contributed by atoms with Crippen molar-refractivity contribution in [1.29, 1.82) is 0 Å². The molecule has 1 N–H and O–H groups in total. The summed E-state index contributed by atoms with van der Waals surface area (Å²) in [6.45, 7) is 2.13. The van der Waals surface area contributed by atoms with E-state index in [0.717, 1.165) is 4.47 Å². The van der Waals surface area contributed by atoms with Crippen LogP contribution in [-0.4, -0.2) is 7.05 Å². The zero-order valence-electron chi connectivity index (χ0n) is 9.93. The van der Waals surface area contributed by atoms with E-state index in [0.29, 0.717) is 0 Å². The number of thiophene rings is 1. The zero-order valence-corrected chi connectivity index (χ0v) is 16.1. The third-order valence-corrected chi connectivity index (χ3v) is 6.31. The third kappa shape index (κ3) is 3.17. The first-order valence-corrected chi connectivity index (χ1v) is 8.89. The molecule has 18 heavy (non-hydrogen) atoms. The lowest BCUT2D eigenvalue weighted by Gasteiger charge is -2.17. The minimum atomic E-state index is 0.226. The highest BCUT2D eigenvalue weighted by atomic mass is 127. The summed E-state index contributed by atoms with van der Waals surface area (Å²) in [5, 5.41) is 3.40. The summed E-state index contributed by atoms with van der Waals surface area (Å²) in [5.41, 5.74) is 1.28. The Balaban J connectivity index is 2.48. The van der Waals surface area contributed by atoms with Crippen molar-refractivity contribution in [2.24, 2.45) is 0 Å². The van der Waals surface area contributed by atoms with E-state index < -0.39 is 0 Å². The van der Waals surface area contributed by atoms with Crippen molar-refractivity contribution >= 4 is 65.8 Å². The first kappa shape index (κ1) is 15.0. The van der Waals surface area contributed by atoms with Gasteiger partial charge in [0, 0.05) is 22.3 Å². The first-order chi connectivity index (χ1) is 8.52. The van der Waals surface area contributed by atoms with E-state index in [1.807, 2.05) is 18.4 Å². The second-order valence-corrected chi connectivity index (χ2v) is 8.18. The maximum absolute atomic E-state index is 3.64. The fourth-order valence-corrected chi connectivity index (χ4v) is 4.49. The van der Waals surface area contributed by atoms with Crippen molar-refractivity contribution in [3.05, 3.63) is 52.1 Å². The molecule has 0 spiro atoms. The summed E-state index contributed by atoms with van der Waals surface area (Å²) in [7, 11) is 2.00. The summed E-state index contributed by atoms with van der Waals surface area (Å²) in [6, 6.07) is 8.86. The number of benzene rings is 1. The topological polar surface area (TPSA) is 12.0 Å². The van der Waals surface area contributed by atoms with E-state index in [-0.39, 0.29) is 6.04 Å². The highest BCUT2D eigenvalue weighted by Gasteiger charge is 2.18. The number of hydrogen-bond acceptors (Lipinski definition) is 2. The lowest BCUT2D eigenvalue weighted by molar-refractivity contribution is 0.700. The van der Waals surface area contributed by atoms with Gasteiger partial charge in [0.2, 0.25) is 0 Å². The molecule has 0 bridgehead atoms. The van der Waals surface area contributed by atoms with Crippen LogP contribution in [0.4, 0.5) is 0 Å². The van der Waals surface area contributed by atoms with E-state index in [1.54, 1.807) is 0 Å². The zero-order chi connectivity index (χ0) is 13.3. The van der Waals surface area contributed by atoms with Crippen molar-refractivity contribution in [2.75, 3.05) is 7.05 Å². The molecule has 0 radical (unpaired) electrons. The molecule has 0 amide bonds. The number of aryl methyl sites for hydroxylation is 1. The van der Waals surface area contributed by atoms with E-state index in [2.05, 4.69) is 91.0 Å². The Morgan fingerprint density at radius 3 is 2.50 bits per heavy atom. The monoisotopic (exact) mass is 499 g/mol. The van der Waals surface area contributed by atoms with Gasteiger partial charge in [0.05, 0.1) is 6.04 Å². The van der Waals surface area contributed by atoms with Gasteiger partial charge in [0.25, 0.3) is 0 Å². The highest BCUT2D eigenvalue weighted by molar-refractivity contribution is 14.1. The van der Waals surface area contributed by atoms with Gasteiger partial charge in [-0.05, 0) is 82.3 Å². The molecule has 0 aliphatic rings. The maximum Gasteiger partial charge on any atom is 0.0680 e. The number of rotatable bonds is 3. The Hall–Kier alpha value is 0.570. The molecular formula is C13H12Br2INS. The van der Waals surface area contributed by atoms with Crippen LogP contribution in [0.1, 0.15) is 21.4 Å². The molecule has 0 aliphatic heterocycles. The summed E-state index contributed by atoms with van der Waals surface area (Å²) in [5.74, 6) is 0. The molecule has 1 atom stereocenters. The van der Waals surface area contributed by atoms with Gasteiger partial charge in [-0.2, -0.15) is 0 Å². The van der Waals surface area contributed by atoms with Crippen LogP contribution in [0.5, 0.6) is 0 Å². The third-order valence-electron chi connectivity index (χ3n) is 2.72. The van der Waals surface area contributed by atoms with E-state index in [9.17, 15) is 0 Å². The van der Waals surface area contributed by atoms with Crippen LogP contribution >= 0.6 is 65.8 Å². The molecule has 0 aliphatic carbocycles. The molecule has 0 saturated heterocycles. The predicted molar refractivity (Wildman–Crippen MR) is 94.5 cm³/mol. The lowest BCUT2D eigenvalue weighted by Crippen LogP contribution is -2.17. The Bertz CT molecular complexity index is 549. The van der Waals surface area contributed by atoms with Crippen LogP contribution in [0.25, 0.3) is 0 Å². The summed E-state index contributed by atoms with van der Waals surface area (Å²) in [4.78, 5) is 2.64. The Labute approximate surface area is 142 Å². The predicted octanol–water partition coefficient (Wildman–Crippen LogP) is 5.49. The molecule has 96 valence electrons. The molecule has 1 nitrogen and oxygen atoms in total. The summed E-state index contributed by atoms with van der Waals surface area (Å²) >= 11 is 11.4. The van der Waals surface area contributed by atoms with Gasteiger partial charge in [-0.15, -0.1) is 11.3 Å². The number of halogens is 3. The Kier molecular flexibility index (Phi) is 5.28. The summed E-state index contributed by atoms with van der Waals surface area (Å²) in [6.07, 6.45) is 0. The number of hydrogen-bond donors (Lipinski definition) is 1. The van der Waals surface area contributed by atoms with Crippen molar-refractivity contribution in [1.82, 2.24) is 5.32 Å². The standard InChI is InChI=1S/C13H12Br2INS/c1-7-11(15)6-12(18-7)13(17-2)9-5-8(16)3-4-10(9)14/h3-6,13,17H,1-2H3. The van der Waals surface area contributed by atoms with E-state index in [1.165, 1.54) is 23.4 Å². The van der Waals surface area contributed by atoms with Gasteiger partial charge in [0.1, 0.15) is 0 Å². The minimum absolute atomic E-state index is 0.226. The Morgan fingerprint density at radius 1 is 1.22 bits per heavy atom. The van der Waals surface area contributed by atoms with Crippen molar-refractivity contribution < 1.29 is 0 Å². The largest absolute Gasteiger partial charge is 0.309 e. The van der Waals surface area contributed by atoms with Gasteiger partial charge >= 0.3 is 0 Å². The lowest BCUT2D eigenvalue weighted by atomic mass is 10.1. The average molecular weight is 501 g/mol. The van der Waals surface area contributed by atoms with Crippen molar-refractivity contribution in [3.8, 4) is 0 Å². The Morgan fingerprint density at radius 2 is 1.94 bits per heavy atom. The molecule has 1 unspecified atom stereocenters. The molecule has 0 fully saturated rings. The maximum atomic E-state index is 3.64. The van der Waals surface area contributed by atoms with Crippen molar-refractivity contribution in [3.63, 3.8) is 0 Å². The normalized spacial score (nSPS) is 12.7. The SMILES string of the molecule is CNC(c1cc(Br)c(C)s1)c1cc(I)ccc1Br. The summed E-state index contributed by atoms with van der Waals surface area (Å²) < 4.78 is 3.58. The minimum Gasteiger partial charge on any atom is -0.309 e. The van der Waals surface area contributed by atoms with E-state index >= 15 is 0 Å². The smallest absolute Gasteiger partial charge is 0.0680 e. The molecule has 0 saturated carbocycles. The molecule has 2 aromatic rings. The van der Waals surface area contributed by atoms with Crippen LogP contribution in [0.15, 0.2) is 33.2 Å². The second-order valence-electron chi connectivity index (χ2n) is 3.94. The van der Waals surface area contributed by atoms with Gasteiger partial charge in [-0.1, -0.05) is 15.9 Å². The molecule has 1 heterocycles. The fourth-order valence-electron chi connectivity index (χ4n) is 1.81. The van der Waals surface area contributed by atoms with Gasteiger partial charge in [-0.3, -0.25) is 0 Å². The van der Waals surface area contributed by atoms with Gasteiger partial charge in [0.15, 0.2) is 0 Å². The van der Waals surface area contributed by atoms with E-state index in [4.69, 9.17) is 0 Å². The molecule has 2 rings (SSSR count). The van der Waals surface area contributed by atoms with Crippen LogP contribution in [0, 0.1) is 10.5 Å². The highest BCUT2D eigenvalue weighted by Crippen LogP contribution is 2.36. The second kappa shape index (κ2) is 6.35.